The molecule has 1 fully saturated rings. The van der Waals surface area contributed by atoms with Crippen LogP contribution in [-0.2, 0) is 4.84 Å². The van der Waals surface area contributed by atoms with Gasteiger partial charge in [0.25, 0.3) is 0 Å². The van der Waals surface area contributed by atoms with Crippen molar-refractivity contribution in [3.63, 3.8) is 0 Å². The van der Waals surface area contributed by atoms with E-state index < -0.39 is 18.2 Å². The molecule has 0 spiro atoms. The first kappa shape index (κ1) is 12.0. The summed E-state index contributed by atoms with van der Waals surface area (Å²) in [6.45, 7) is 0.264. The van der Waals surface area contributed by atoms with Gasteiger partial charge in [0.15, 0.2) is 0 Å². The molecular formula is C12H14FNO3. The van der Waals surface area contributed by atoms with Gasteiger partial charge in [0, 0.05) is 6.54 Å². The van der Waals surface area contributed by atoms with Crippen molar-refractivity contribution in [2.45, 2.75) is 18.7 Å². The Morgan fingerprint density at radius 2 is 2.12 bits per heavy atom. The van der Waals surface area contributed by atoms with Crippen LogP contribution in [0.25, 0.3) is 0 Å². The first-order valence-electron chi connectivity index (χ1n) is 5.51. The molecule has 0 aromatic heterocycles. The van der Waals surface area contributed by atoms with Crippen molar-refractivity contribution in [1.82, 2.24) is 5.06 Å². The van der Waals surface area contributed by atoms with Gasteiger partial charge in [-0.1, -0.05) is 18.2 Å². The van der Waals surface area contributed by atoms with Gasteiger partial charge >= 0.3 is 5.97 Å². The van der Waals surface area contributed by atoms with Crippen molar-refractivity contribution in [2.75, 3.05) is 13.1 Å². The van der Waals surface area contributed by atoms with Gasteiger partial charge in [-0.05, 0) is 18.6 Å². The highest BCUT2D eigenvalue weighted by Crippen LogP contribution is 2.15. The molecule has 17 heavy (non-hydrogen) atoms. The van der Waals surface area contributed by atoms with E-state index in [1.165, 1.54) is 5.06 Å². The standard InChI is InChI=1S/C12H14FNO3/c13-10-8-14(7-6-11(10)15)17-12(16)9-4-2-1-3-5-9/h1-5,10-11,15H,6-8H2/t10-,11-/m1/s1. The smallest absolute Gasteiger partial charge is 0.357 e. The summed E-state index contributed by atoms with van der Waals surface area (Å²) < 4.78 is 13.2. The summed E-state index contributed by atoms with van der Waals surface area (Å²) in [5.74, 6) is -0.505. The number of aliphatic hydroxyl groups excluding tert-OH is 1. The van der Waals surface area contributed by atoms with Crippen LogP contribution in [0.1, 0.15) is 16.8 Å². The molecule has 1 aliphatic heterocycles. The number of carbonyl (C=O) groups excluding carboxylic acids is 1. The van der Waals surface area contributed by atoms with E-state index in [-0.39, 0.29) is 13.0 Å². The lowest BCUT2D eigenvalue weighted by atomic mass is 10.1. The van der Waals surface area contributed by atoms with Gasteiger partial charge in [-0.15, -0.1) is 5.06 Å². The van der Waals surface area contributed by atoms with Crippen LogP contribution >= 0.6 is 0 Å². The van der Waals surface area contributed by atoms with Crippen LogP contribution in [0.15, 0.2) is 30.3 Å². The lowest BCUT2D eigenvalue weighted by Crippen LogP contribution is -2.45. The minimum atomic E-state index is -1.37. The molecular weight excluding hydrogens is 225 g/mol. The summed E-state index contributed by atoms with van der Waals surface area (Å²) in [5.41, 5.74) is 0.425. The molecule has 2 rings (SSSR count). The Morgan fingerprint density at radius 1 is 1.41 bits per heavy atom. The molecule has 4 nitrogen and oxygen atoms in total. The number of hydrogen-bond donors (Lipinski definition) is 1. The van der Waals surface area contributed by atoms with Crippen molar-refractivity contribution >= 4 is 5.97 Å². The molecule has 5 heteroatoms. The highest BCUT2D eigenvalue weighted by molar-refractivity contribution is 5.89. The third-order valence-electron chi connectivity index (χ3n) is 2.69. The minimum absolute atomic E-state index is 0.0836. The SMILES string of the molecule is O=C(ON1CC[C@@H](O)[C@H](F)C1)c1ccccc1. The highest BCUT2D eigenvalue weighted by Gasteiger charge is 2.29. The van der Waals surface area contributed by atoms with E-state index in [0.717, 1.165) is 0 Å². The van der Waals surface area contributed by atoms with Crippen molar-refractivity contribution in [1.29, 1.82) is 0 Å². The number of carbonyl (C=O) groups is 1. The van der Waals surface area contributed by atoms with Gasteiger partial charge in [-0.3, -0.25) is 0 Å². The Balaban J connectivity index is 1.92. The molecule has 1 N–H and O–H groups in total. The molecule has 0 aliphatic carbocycles. The van der Waals surface area contributed by atoms with Gasteiger partial charge in [0.05, 0.1) is 18.2 Å². The molecule has 1 aromatic rings. The quantitative estimate of drug-likeness (QED) is 0.841. The zero-order valence-electron chi connectivity index (χ0n) is 9.25. The fourth-order valence-electron chi connectivity index (χ4n) is 1.69. The Hall–Kier alpha value is -1.46. The predicted molar refractivity (Wildman–Crippen MR) is 59.0 cm³/mol. The number of nitrogens with zero attached hydrogens (tertiary/aromatic N) is 1. The van der Waals surface area contributed by atoms with Gasteiger partial charge in [-0.2, -0.15) is 0 Å². The first-order valence-corrected chi connectivity index (χ1v) is 5.51. The molecule has 1 saturated heterocycles. The van der Waals surface area contributed by atoms with Crippen LogP contribution in [-0.4, -0.2) is 41.5 Å². The number of benzene rings is 1. The predicted octanol–water partition coefficient (Wildman–Crippen LogP) is 1.16. The van der Waals surface area contributed by atoms with Crippen LogP contribution in [0.5, 0.6) is 0 Å². The summed E-state index contributed by atoms with van der Waals surface area (Å²) in [4.78, 5) is 16.7. The van der Waals surface area contributed by atoms with E-state index in [1.54, 1.807) is 30.3 Å². The largest absolute Gasteiger partial charge is 0.390 e. The third-order valence-corrected chi connectivity index (χ3v) is 2.69. The average molecular weight is 239 g/mol. The van der Waals surface area contributed by atoms with Crippen LogP contribution in [0.4, 0.5) is 4.39 Å². The second-order valence-electron chi connectivity index (χ2n) is 4.00. The van der Waals surface area contributed by atoms with Crippen LogP contribution in [0, 0.1) is 0 Å². The zero-order chi connectivity index (χ0) is 12.3. The van der Waals surface area contributed by atoms with E-state index in [1.807, 2.05) is 0 Å². The number of piperidine rings is 1. The highest BCUT2D eigenvalue weighted by atomic mass is 19.1. The summed E-state index contributed by atoms with van der Waals surface area (Å²) in [5, 5.41) is 10.5. The lowest BCUT2D eigenvalue weighted by molar-refractivity contribution is -0.153. The topological polar surface area (TPSA) is 49.8 Å². The fraction of sp³-hybridized carbons (Fsp3) is 0.417. The van der Waals surface area contributed by atoms with Crippen LogP contribution in [0.2, 0.25) is 0 Å². The average Bonchev–Trinajstić information content (AvgIpc) is 2.35. The van der Waals surface area contributed by atoms with Crippen LogP contribution < -0.4 is 0 Å². The summed E-state index contributed by atoms with van der Waals surface area (Å²) in [6, 6.07) is 8.52. The third kappa shape index (κ3) is 3.01. The van der Waals surface area contributed by atoms with Gasteiger partial charge in [0.1, 0.15) is 6.17 Å². The monoisotopic (exact) mass is 239 g/mol. The number of hydroxylamine groups is 2. The Bertz CT molecular complexity index is 385. The maximum atomic E-state index is 13.2. The van der Waals surface area contributed by atoms with Crippen molar-refractivity contribution in [2.24, 2.45) is 0 Å². The first-order chi connectivity index (χ1) is 8.16. The molecule has 0 unspecified atom stereocenters. The minimum Gasteiger partial charge on any atom is -0.390 e. The number of hydrogen-bond acceptors (Lipinski definition) is 4. The number of halogens is 1. The number of aliphatic hydroxyl groups is 1. The Labute approximate surface area is 98.6 Å². The number of rotatable bonds is 2. The zero-order valence-corrected chi connectivity index (χ0v) is 9.25. The lowest BCUT2D eigenvalue weighted by Gasteiger charge is -2.30. The molecule has 0 bridgehead atoms. The van der Waals surface area contributed by atoms with Crippen molar-refractivity contribution in [3.05, 3.63) is 35.9 Å². The Morgan fingerprint density at radius 3 is 2.76 bits per heavy atom. The molecule has 0 amide bonds. The molecule has 92 valence electrons. The normalized spacial score (nSPS) is 25.5. The fourth-order valence-corrected chi connectivity index (χ4v) is 1.69. The molecule has 2 atom stereocenters. The maximum absolute atomic E-state index is 13.2. The van der Waals surface area contributed by atoms with Gasteiger partial charge in [-0.25, -0.2) is 9.18 Å². The maximum Gasteiger partial charge on any atom is 0.357 e. The van der Waals surface area contributed by atoms with E-state index >= 15 is 0 Å². The van der Waals surface area contributed by atoms with E-state index in [2.05, 4.69) is 0 Å². The molecule has 0 saturated carbocycles. The van der Waals surface area contributed by atoms with E-state index in [0.29, 0.717) is 12.1 Å². The van der Waals surface area contributed by atoms with E-state index in [4.69, 9.17) is 4.84 Å². The van der Waals surface area contributed by atoms with Crippen LogP contribution in [0.3, 0.4) is 0 Å². The second kappa shape index (κ2) is 5.25. The molecule has 1 aromatic carbocycles. The second-order valence-corrected chi connectivity index (χ2v) is 4.00. The molecule has 1 heterocycles. The Kier molecular flexibility index (Phi) is 3.71. The van der Waals surface area contributed by atoms with Gasteiger partial charge in [0.2, 0.25) is 0 Å². The summed E-state index contributed by atoms with van der Waals surface area (Å²) in [6.07, 6.45) is -2.06. The summed E-state index contributed by atoms with van der Waals surface area (Å²) in [7, 11) is 0. The van der Waals surface area contributed by atoms with Crippen molar-refractivity contribution in [3.8, 4) is 0 Å². The van der Waals surface area contributed by atoms with E-state index in [9.17, 15) is 14.3 Å². The summed E-state index contributed by atoms with van der Waals surface area (Å²) >= 11 is 0. The van der Waals surface area contributed by atoms with Crippen molar-refractivity contribution < 1.29 is 19.1 Å². The molecule has 1 aliphatic rings. The number of alkyl halides is 1. The molecule has 0 radical (unpaired) electrons. The van der Waals surface area contributed by atoms with Gasteiger partial charge < -0.3 is 9.94 Å².